The molecule has 1 aliphatic carbocycles. The van der Waals surface area contributed by atoms with Crippen LogP contribution in [-0.4, -0.2) is 17.9 Å². The topological polar surface area (TPSA) is 84.2 Å². The Hall–Kier alpha value is -1.88. The predicted octanol–water partition coefficient (Wildman–Crippen LogP) is 1.71. The number of carbonyl (C=O) groups is 2. The first-order valence-corrected chi connectivity index (χ1v) is 6.50. The van der Waals surface area contributed by atoms with E-state index < -0.39 is 0 Å². The molecule has 5 heteroatoms. The van der Waals surface area contributed by atoms with Gasteiger partial charge in [-0.1, -0.05) is 6.42 Å². The lowest BCUT2D eigenvalue weighted by Gasteiger charge is -2.15. The van der Waals surface area contributed by atoms with Gasteiger partial charge in [-0.15, -0.1) is 0 Å². The van der Waals surface area contributed by atoms with Crippen molar-refractivity contribution < 1.29 is 9.59 Å². The predicted molar refractivity (Wildman–Crippen MR) is 74.7 cm³/mol. The van der Waals surface area contributed by atoms with Crippen LogP contribution in [0.3, 0.4) is 0 Å². The van der Waals surface area contributed by atoms with E-state index >= 15 is 0 Å². The van der Waals surface area contributed by atoms with Gasteiger partial charge in [-0.3, -0.25) is 9.59 Å². The van der Waals surface area contributed by atoms with E-state index in [1.807, 2.05) is 0 Å². The molecule has 1 fully saturated rings. The van der Waals surface area contributed by atoms with Gasteiger partial charge >= 0.3 is 0 Å². The molecule has 102 valence electrons. The highest BCUT2D eigenvalue weighted by molar-refractivity contribution is 5.94. The Balaban J connectivity index is 1.95. The summed E-state index contributed by atoms with van der Waals surface area (Å²) in [7, 11) is 0. The van der Waals surface area contributed by atoms with Crippen molar-refractivity contribution in [3.05, 3.63) is 24.3 Å². The van der Waals surface area contributed by atoms with Crippen LogP contribution in [0.4, 0.5) is 11.4 Å². The first-order valence-electron chi connectivity index (χ1n) is 6.50. The maximum absolute atomic E-state index is 12.0. The van der Waals surface area contributed by atoms with E-state index in [1.54, 1.807) is 24.3 Å². The molecule has 0 saturated heterocycles. The Morgan fingerprint density at radius 3 is 2.16 bits per heavy atom. The highest BCUT2D eigenvalue weighted by Crippen LogP contribution is 2.25. The lowest BCUT2D eigenvalue weighted by atomic mass is 10.0. The number of nitrogens with two attached hydrogens (primary N) is 1. The molecule has 1 saturated carbocycles. The van der Waals surface area contributed by atoms with Crippen molar-refractivity contribution in [2.24, 2.45) is 11.7 Å². The van der Waals surface area contributed by atoms with Crippen LogP contribution in [0.2, 0.25) is 0 Å². The Labute approximate surface area is 112 Å². The number of hydrogen-bond donors (Lipinski definition) is 3. The summed E-state index contributed by atoms with van der Waals surface area (Å²) < 4.78 is 0. The summed E-state index contributed by atoms with van der Waals surface area (Å²) in [5.41, 5.74) is 7.34. The molecule has 0 bridgehead atoms. The van der Waals surface area contributed by atoms with E-state index in [0.29, 0.717) is 5.69 Å². The van der Waals surface area contributed by atoms with Gasteiger partial charge in [0.1, 0.15) is 0 Å². The standard InChI is InChI=1S/C14H19N3O2/c1-9(18)16-10-5-7-11(8-6-10)17-14(19)12-3-2-4-13(12)15/h5-8,12-13H,2-4,15H2,1H3,(H,16,18)(H,17,19). The lowest BCUT2D eigenvalue weighted by Crippen LogP contribution is -2.34. The number of benzene rings is 1. The fraction of sp³-hybridized carbons (Fsp3) is 0.429. The Morgan fingerprint density at radius 2 is 1.68 bits per heavy atom. The zero-order chi connectivity index (χ0) is 13.8. The molecule has 0 aliphatic heterocycles. The minimum absolute atomic E-state index is 0.0164. The molecule has 1 aromatic rings. The smallest absolute Gasteiger partial charge is 0.229 e. The normalized spacial score (nSPS) is 22.0. The number of rotatable bonds is 3. The van der Waals surface area contributed by atoms with Crippen LogP contribution in [0.15, 0.2) is 24.3 Å². The maximum Gasteiger partial charge on any atom is 0.229 e. The van der Waals surface area contributed by atoms with Crippen LogP contribution in [0.1, 0.15) is 26.2 Å². The van der Waals surface area contributed by atoms with E-state index in [1.165, 1.54) is 6.92 Å². The Morgan fingerprint density at radius 1 is 1.11 bits per heavy atom. The number of carbonyl (C=O) groups excluding carboxylic acids is 2. The molecule has 1 aromatic carbocycles. The van der Waals surface area contributed by atoms with Crippen molar-refractivity contribution in [2.75, 3.05) is 10.6 Å². The second-order valence-electron chi connectivity index (χ2n) is 4.95. The first kappa shape index (κ1) is 13.5. The van der Waals surface area contributed by atoms with Crippen molar-refractivity contribution in [3.63, 3.8) is 0 Å². The third kappa shape index (κ3) is 3.54. The summed E-state index contributed by atoms with van der Waals surface area (Å²) in [6.45, 7) is 1.46. The number of nitrogens with one attached hydrogen (secondary N) is 2. The monoisotopic (exact) mass is 261 g/mol. The fourth-order valence-electron chi connectivity index (χ4n) is 2.39. The molecule has 19 heavy (non-hydrogen) atoms. The molecular weight excluding hydrogens is 242 g/mol. The number of anilines is 2. The van der Waals surface area contributed by atoms with Crippen molar-refractivity contribution in [2.45, 2.75) is 32.2 Å². The van der Waals surface area contributed by atoms with Gasteiger partial charge in [0.05, 0.1) is 5.92 Å². The van der Waals surface area contributed by atoms with Crippen LogP contribution in [0.25, 0.3) is 0 Å². The van der Waals surface area contributed by atoms with Crippen LogP contribution in [0, 0.1) is 5.92 Å². The highest BCUT2D eigenvalue weighted by atomic mass is 16.2. The van der Waals surface area contributed by atoms with Crippen molar-refractivity contribution in [3.8, 4) is 0 Å². The third-order valence-electron chi connectivity index (χ3n) is 3.38. The first-order chi connectivity index (χ1) is 9.06. The van der Waals surface area contributed by atoms with Gasteiger partial charge in [-0.2, -0.15) is 0 Å². The summed E-state index contributed by atoms with van der Waals surface area (Å²) in [6, 6.07) is 7.02. The Kier molecular flexibility index (Phi) is 4.16. The maximum atomic E-state index is 12.0. The molecule has 0 heterocycles. The van der Waals surface area contributed by atoms with E-state index in [-0.39, 0.29) is 23.8 Å². The number of hydrogen-bond acceptors (Lipinski definition) is 3. The van der Waals surface area contributed by atoms with Crippen LogP contribution in [0.5, 0.6) is 0 Å². The molecule has 4 N–H and O–H groups in total. The summed E-state index contributed by atoms with van der Waals surface area (Å²) in [5, 5.41) is 5.54. The summed E-state index contributed by atoms with van der Waals surface area (Å²) >= 11 is 0. The average Bonchev–Trinajstić information content (AvgIpc) is 2.77. The van der Waals surface area contributed by atoms with E-state index in [0.717, 1.165) is 24.9 Å². The molecule has 2 rings (SSSR count). The quantitative estimate of drug-likeness (QED) is 0.774. The minimum Gasteiger partial charge on any atom is -0.327 e. The fourth-order valence-corrected chi connectivity index (χ4v) is 2.39. The lowest BCUT2D eigenvalue weighted by molar-refractivity contribution is -0.120. The van der Waals surface area contributed by atoms with E-state index in [4.69, 9.17) is 5.73 Å². The van der Waals surface area contributed by atoms with Gasteiger partial charge in [-0.25, -0.2) is 0 Å². The van der Waals surface area contributed by atoms with Crippen molar-refractivity contribution in [1.29, 1.82) is 0 Å². The summed E-state index contributed by atoms with van der Waals surface area (Å²) in [4.78, 5) is 22.9. The van der Waals surface area contributed by atoms with Gasteiger partial charge in [0.2, 0.25) is 11.8 Å². The molecule has 0 aromatic heterocycles. The molecular formula is C14H19N3O2. The van der Waals surface area contributed by atoms with Crippen LogP contribution >= 0.6 is 0 Å². The Bertz CT molecular complexity index is 470. The molecule has 2 amide bonds. The number of amides is 2. The van der Waals surface area contributed by atoms with Crippen LogP contribution < -0.4 is 16.4 Å². The zero-order valence-electron chi connectivity index (χ0n) is 11.0. The van der Waals surface area contributed by atoms with E-state index in [2.05, 4.69) is 10.6 Å². The van der Waals surface area contributed by atoms with Crippen molar-refractivity contribution >= 4 is 23.2 Å². The SMILES string of the molecule is CC(=O)Nc1ccc(NC(=O)C2CCCC2N)cc1. The molecule has 2 unspecified atom stereocenters. The second-order valence-corrected chi connectivity index (χ2v) is 4.95. The van der Waals surface area contributed by atoms with Gasteiger partial charge in [0.15, 0.2) is 0 Å². The summed E-state index contributed by atoms with van der Waals surface area (Å²) in [5.74, 6) is -0.221. The van der Waals surface area contributed by atoms with Gasteiger partial charge in [0, 0.05) is 24.3 Å². The van der Waals surface area contributed by atoms with Gasteiger partial charge in [0.25, 0.3) is 0 Å². The van der Waals surface area contributed by atoms with Gasteiger partial charge < -0.3 is 16.4 Å². The molecule has 1 aliphatic rings. The van der Waals surface area contributed by atoms with Crippen LogP contribution in [-0.2, 0) is 9.59 Å². The molecule has 2 atom stereocenters. The largest absolute Gasteiger partial charge is 0.327 e. The zero-order valence-corrected chi connectivity index (χ0v) is 11.0. The third-order valence-corrected chi connectivity index (χ3v) is 3.38. The average molecular weight is 261 g/mol. The van der Waals surface area contributed by atoms with Gasteiger partial charge in [-0.05, 0) is 37.1 Å². The van der Waals surface area contributed by atoms with E-state index in [9.17, 15) is 9.59 Å². The molecule has 0 spiro atoms. The summed E-state index contributed by atoms with van der Waals surface area (Å²) in [6.07, 6.45) is 2.79. The second kappa shape index (κ2) is 5.84. The molecule has 5 nitrogen and oxygen atoms in total. The minimum atomic E-state index is -0.117. The highest BCUT2D eigenvalue weighted by Gasteiger charge is 2.30. The molecule has 0 radical (unpaired) electrons. The van der Waals surface area contributed by atoms with Crippen molar-refractivity contribution in [1.82, 2.24) is 0 Å².